The van der Waals surface area contributed by atoms with Gasteiger partial charge in [0.2, 0.25) is 0 Å². The number of nitrogens with zero attached hydrogens (tertiary/aromatic N) is 2. The molecule has 104 valence electrons. The van der Waals surface area contributed by atoms with Crippen molar-refractivity contribution < 1.29 is 0 Å². The van der Waals surface area contributed by atoms with Gasteiger partial charge in [-0.3, -0.25) is 0 Å². The van der Waals surface area contributed by atoms with Crippen LogP contribution in [-0.4, -0.2) is 33.5 Å². The van der Waals surface area contributed by atoms with E-state index in [0.29, 0.717) is 24.2 Å². The molecule has 5 heteroatoms. The third kappa shape index (κ3) is 4.47. The van der Waals surface area contributed by atoms with Crippen LogP contribution in [0.15, 0.2) is 0 Å². The first-order chi connectivity index (χ1) is 7.53. The van der Waals surface area contributed by atoms with E-state index in [-0.39, 0.29) is 0 Å². The minimum atomic E-state index is -2.17. The minimum Gasteiger partial charge on any atom is -0.247 e. The Morgan fingerprint density at radius 1 is 0.706 bits per heavy atom. The summed E-state index contributed by atoms with van der Waals surface area (Å²) in [6.07, 6.45) is 0. The van der Waals surface area contributed by atoms with Crippen LogP contribution in [0.1, 0.15) is 55.4 Å². The van der Waals surface area contributed by atoms with E-state index in [4.69, 9.17) is 23.0 Å². The monoisotopic (exact) mass is 298 g/mol. The highest BCUT2D eigenvalue weighted by Gasteiger charge is 2.36. The Hall–Kier alpha value is 0.860. The fraction of sp³-hybridized carbons (Fsp3) is 1.00. The molecule has 0 N–H and O–H groups in total. The second-order valence-corrected chi connectivity index (χ2v) is 11.0. The van der Waals surface area contributed by atoms with Gasteiger partial charge in [-0.1, -0.05) is 11.2 Å². The largest absolute Gasteiger partial charge is 0.247 e. The van der Waals surface area contributed by atoms with Gasteiger partial charge in [0.25, 0.3) is 0 Å². The zero-order chi connectivity index (χ0) is 14.0. The Bertz CT molecular complexity index is 240. The zero-order valence-electron chi connectivity index (χ0n) is 12.4. The Kier molecular flexibility index (Phi) is 7.21. The van der Waals surface area contributed by atoms with Crippen LogP contribution in [0.4, 0.5) is 0 Å². The average molecular weight is 299 g/mol. The van der Waals surface area contributed by atoms with Gasteiger partial charge in [-0.15, -0.1) is 0 Å². The lowest BCUT2D eigenvalue weighted by Crippen LogP contribution is -2.43. The topological polar surface area (TPSA) is 6.48 Å². The van der Waals surface area contributed by atoms with Crippen molar-refractivity contribution in [1.29, 1.82) is 0 Å². The Balaban J connectivity index is 5.38. The van der Waals surface area contributed by atoms with Crippen molar-refractivity contribution in [2.75, 3.05) is 0 Å². The van der Waals surface area contributed by atoms with Crippen LogP contribution in [0.25, 0.3) is 0 Å². The van der Waals surface area contributed by atoms with E-state index in [1.807, 2.05) is 0 Å². The third-order valence-corrected chi connectivity index (χ3v) is 7.85. The first kappa shape index (κ1) is 17.9. The molecular weight excluding hydrogens is 271 g/mol. The second kappa shape index (κ2) is 6.86. The van der Waals surface area contributed by atoms with E-state index in [9.17, 15) is 0 Å². The molecule has 0 radical (unpaired) electrons. The first-order valence-corrected chi connectivity index (χ1v) is 10.0. The molecule has 0 rings (SSSR count). The molecular formula is C12H28ClN2PS. The van der Waals surface area contributed by atoms with Gasteiger partial charge in [-0.2, -0.15) is 0 Å². The van der Waals surface area contributed by atoms with Gasteiger partial charge in [-0.05, 0) is 67.2 Å². The fourth-order valence-electron chi connectivity index (χ4n) is 2.45. The highest BCUT2D eigenvalue weighted by Crippen LogP contribution is 2.62. The van der Waals surface area contributed by atoms with Crippen LogP contribution >= 0.6 is 16.9 Å². The lowest BCUT2D eigenvalue weighted by molar-refractivity contribution is 0.262. The quantitative estimate of drug-likeness (QED) is 0.657. The Labute approximate surface area is 118 Å². The van der Waals surface area contributed by atoms with Gasteiger partial charge in [0.05, 0.1) is 0 Å². The predicted octanol–water partition coefficient (Wildman–Crippen LogP) is 4.69. The maximum atomic E-state index is 6.83. The van der Waals surface area contributed by atoms with Crippen molar-refractivity contribution in [3.05, 3.63) is 0 Å². The number of hydrogen-bond donors (Lipinski definition) is 0. The highest BCUT2D eigenvalue weighted by molar-refractivity contribution is 8.24. The van der Waals surface area contributed by atoms with E-state index in [0.717, 1.165) is 0 Å². The smallest absolute Gasteiger partial charge is 0.165 e. The van der Waals surface area contributed by atoms with Crippen molar-refractivity contribution in [3.8, 4) is 0 Å². The van der Waals surface area contributed by atoms with Crippen LogP contribution < -0.4 is 0 Å². The SMILES string of the molecule is CC(C)N(C(C)C)P(=S)(Cl)N(C(C)C)C(C)C. The summed E-state index contributed by atoms with van der Waals surface area (Å²) in [6.45, 7) is 17.4. The van der Waals surface area contributed by atoms with Gasteiger partial charge in [0.1, 0.15) is 0 Å². The van der Waals surface area contributed by atoms with Crippen LogP contribution in [-0.2, 0) is 11.8 Å². The van der Waals surface area contributed by atoms with Crippen molar-refractivity contribution in [2.45, 2.75) is 79.6 Å². The Morgan fingerprint density at radius 2 is 0.882 bits per heavy atom. The summed E-state index contributed by atoms with van der Waals surface area (Å²) in [5.74, 6) is 0. The highest BCUT2D eigenvalue weighted by atomic mass is 35.7. The Morgan fingerprint density at radius 3 is 1.00 bits per heavy atom. The summed E-state index contributed by atoms with van der Waals surface area (Å²) in [4.78, 5) is 0. The van der Waals surface area contributed by atoms with Gasteiger partial charge in [0.15, 0.2) is 5.69 Å². The molecule has 0 amide bonds. The molecule has 0 saturated carbocycles. The lowest BCUT2D eigenvalue weighted by atomic mass is 10.3. The van der Waals surface area contributed by atoms with Gasteiger partial charge < -0.3 is 0 Å². The van der Waals surface area contributed by atoms with E-state index in [2.05, 4.69) is 64.7 Å². The normalized spacial score (nSPS) is 14.1. The van der Waals surface area contributed by atoms with E-state index >= 15 is 0 Å². The van der Waals surface area contributed by atoms with Crippen LogP contribution in [0, 0.1) is 0 Å². The van der Waals surface area contributed by atoms with Crippen molar-refractivity contribution in [2.24, 2.45) is 0 Å². The lowest BCUT2D eigenvalue weighted by Gasteiger charge is -2.46. The molecule has 0 aromatic heterocycles. The molecule has 0 fully saturated rings. The molecule has 17 heavy (non-hydrogen) atoms. The number of hydrogen-bond acceptors (Lipinski definition) is 1. The van der Waals surface area contributed by atoms with E-state index in [1.54, 1.807) is 0 Å². The van der Waals surface area contributed by atoms with Crippen LogP contribution in [0.5, 0.6) is 0 Å². The molecule has 0 aromatic rings. The molecule has 0 atom stereocenters. The van der Waals surface area contributed by atoms with Gasteiger partial charge >= 0.3 is 0 Å². The summed E-state index contributed by atoms with van der Waals surface area (Å²) in [5, 5.41) is 0. The molecule has 0 heterocycles. The average Bonchev–Trinajstić information content (AvgIpc) is 1.96. The number of halogens is 1. The summed E-state index contributed by atoms with van der Waals surface area (Å²) in [6, 6.07) is 1.49. The zero-order valence-corrected chi connectivity index (χ0v) is 14.9. The minimum absolute atomic E-state index is 0.373. The maximum absolute atomic E-state index is 6.83. The van der Waals surface area contributed by atoms with Crippen molar-refractivity contribution in [1.82, 2.24) is 9.34 Å². The van der Waals surface area contributed by atoms with Gasteiger partial charge in [0, 0.05) is 24.2 Å². The molecule has 0 aliphatic heterocycles. The molecule has 0 aliphatic carbocycles. The molecule has 0 aliphatic rings. The molecule has 0 bridgehead atoms. The van der Waals surface area contributed by atoms with Crippen molar-refractivity contribution >= 4 is 28.7 Å². The molecule has 0 saturated heterocycles. The first-order valence-electron chi connectivity index (χ1n) is 6.40. The summed E-state index contributed by atoms with van der Waals surface area (Å²) < 4.78 is 4.59. The molecule has 0 spiro atoms. The summed E-state index contributed by atoms with van der Waals surface area (Å²) in [7, 11) is 0. The third-order valence-electron chi connectivity index (χ3n) is 2.69. The summed E-state index contributed by atoms with van der Waals surface area (Å²) in [5.41, 5.74) is -2.17. The number of rotatable bonds is 6. The van der Waals surface area contributed by atoms with Crippen molar-refractivity contribution in [3.63, 3.8) is 0 Å². The predicted molar refractivity (Wildman–Crippen MR) is 84.4 cm³/mol. The van der Waals surface area contributed by atoms with Gasteiger partial charge in [-0.25, -0.2) is 9.34 Å². The maximum Gasteiger partial charge on any atom is 0.165 e. The molecule has 2 nitrogen and oxygen atoms in total. The molecule has 0 unspecified atom stereocenters. The van der Waals surface area contributed by atoms with E-state index < -0.39 is 5.69 Å². The van der Waals surface area contributed by atoms with Crippen LogP contribution in [0.3, 0.4) is 0 Å². The fourth-order valence-corrected chi connectivity index (χ4v) is 9.33. The summed E-state index contributed by atoms with van der Waals surface area (Å²) >= 11 is 12.6. The molecule has 0 aromatic carbocycles. The van der Waals surface area contributed by atoms with Crippen LogP contribution in [0.2, 0.25) is 0 Å². The standard InChI is InChI=1S/C12H28ClN2PS/c1-9(2)14(10(3)4)16(13,17)15(11(5)6)12(7)8/h9-12H,1-8H3. The second-order valence-electron chi connectivity index (χ2n) is 5.61. The van der Waals surface area contributed by atoms with E-state index in [1.165, 1.54) is 0 Å².